The van der Waals surface area contributed by atoms with Crippen LogP contribution in [-0.4, -0.2) is 47.6 Å². The van der Waals surface area contributed by atoms with Crippen molar-refractivity contribution in [3.05, 3.63) is 23.0 Å². The van der Waals surface area contributed by atoms with Gasteiger partial charge in [0, 0.05) is 24.7 Å². The summed E-state index contributed by atoms with van der Waals surface area (Å²) in [5, 5.41) is 8.38. The van der Waals surface area contributed by atoms with Gasteiger partial charge in [-0.05, 0) is 69.5 Å². The largest absolute Gasteiger partial charge is 0.339 e. The van der Waals surface area contributed by atoms with Crippen LogP contribution in [0.15, 0.2) is 10.6 Å². The number of fused-ring (bicyclic) bond motifs is 1. The quantitative estimate of drug-likeness (QED) is 0.791. The minimum absolute atomic E-state index is 0.0605. The molecule has 0 radical (unpaired) electrons. The maximum atomic E-state index is 13.6. The first-order chi connectivity index (χ1) is 13.9. The Kier molecular flexibility index (Phi) is 5.65. The second-order valence-electron chi connectivity index (χ2n) is 10.0. The summed E-state index contributed by atoms with van der Waals surface area (Å²) in [5.74, 6) is 1.29. The molecule has 1 aliphatic heterocycles. The Morgan fingerprint density at radius 3 is 2.59 bits per heavy atom. The van der Waals surface area contributed by atoms with Crippen LogP contribution < -0.4 is 5.32 Å². The molecule has 0 aromatic carbocycles. The van der Waals surface area contributed by atoms with Crippen LogP contribution >= 0.6 is 0 Å². The molecule has 2 aliphatic rings. The second-order valence-corrected chi connectivity index (χ2v) is 10.0. The van der Waals surface area contributed by atoms with Crippen molar-refractivity contribution in [2.24, 2.45) is 11.3 Å². The fourth-order valence-corrected chi connectivity index (χ4v) is 4.35. The number of carbonyl (C=O) groups excluding carboxylic acids is 1. The van der Waals surface area contributed by atoms with Crippen molar-refractivity contribution < 1.29 is 9.32 Å². The maximum absolute atomic E-state index is 13.6. The average Bonchev–Trinajstić information content (AvgIpc) is 3.47. The monoisotopic (exact) mass is 398 g/mol. The smallest absolute Gasteiger partial charge is 0.259 e. The Balaban J connectivity index is 1.62. The summed E-state index contributed by atoms with van der Waals surface area (Å²) in [7, 11) is 2.00. The molecule has 3 heterocycles. The molecule has 29 heavy (non-hydrogen) atoms. The van der Waals surface area contributed by atoms with Crippen LogP contribution in [-0.2, 0) is 6.42 Å². The molecule has 0 atom stereocenters. The van der Waals surface area contributed by atoms with Crippen molar-refractivity contribution in [1.29, 1.82) is 0 Å². The first kappa shape index (κ1) is 20.3. The Hall–Kier alpha value is -1.95. The third-order valence-electron chi connectivity index (χ3n) is 6.17. The Morgan fingerprint density at radius 2 is 1.97 bits per heavy atom. The van der Waals surface area contributed by atoms with E-state index >= 15 is 0 Å². The van der Waals surface area contributed by atoms with E-state index < -0.39 is 0 Å². The number of likely N-dealkylation sites (tertiary alicyclic amines) is 1. The summed E-state index contributed by atoms with van der Waals surface area (Å²) in [4.78, 5) is 20.3. The summed E-state index contributed by atoms with van der Waals surface area (Å²) in [6.45, 7) is 9.24. The van der Waals surface area contributed by atoms with Crippen molar-refractivity contribution in [3.8, 4) is 0 Å². The van der Waals surface area contributed by atoms with Crippen LogP contribution in [0.5, 0.6) is 0 Å². The molecular formula is C23H34N4O2. The van der Waals surface area contributed by atoms with E-state index in [2.05, 4.69) is 31.2 Å². The summed E-state index contributed by atoms with van der Waals surface area (Å²) in [6.07, 6.45) is 6.39. The fraction of sp³-hybridized carbons (Fsp3) is 0.696. The number of carbonyl (C=O) groups is 1. The van der Waals surface area contributed by atoms with E-state index in [-0.39, 0.29) is 11.3 Å². The van der Waals surface area contributed by atoms with E-state index in [1.54, 1.807) is 0 Å². The highest BCUT2D eigenvalue weighted by Gasteiger charge is 2.32. The number of rotatable bonds is 6. The molecule has 0 unspecified atom stereocenters. The molecule has 1 saturated heterocycles. The van der Waals surface area contributed by atoms with Gasteiger partial charge in [-0.3, -0.25) is 4.79 Å². The van der Waals surface area contributed by atoms with Crippen molar-refractivity contribution in [2.75, 3.05) is 26.7 Å². The highest BCUT2D eigenvalue weighted by molar-refractivity contribution is 6.06. The maximum Gasteiger partial charge on any atom is 0.259 e. The summed E-state index contributed by atoms with van der Waals surface area (Å²) < 4.78 is 5.61. The summed E-state index contributed by atoms with van der Waals surface area (Å²) in [6, 6.07) is 2.03. The van der Waals surface area contributed by atoms with Gasteiger partial charge in [0.1, 0.15) is 0 Å². The predicted octanol–water partition coefficient (Wildman–Crippen LogP) is 4.15. The standard InChI is InChI=1S/C23H34N4O2/c1-23(2,3)14-19-20-17(13-18(16-5-6-16)25-21(20)29-26-19)22(28)27-11-8-15(9-12-27)7-10-24-4/h13,15-16,24H,5-12,14H2,1-4H3. The molecular weight excluding hydrogens is 364 g/mol. The lowest BCUT2D eigenvalue weighted by Gasteiger charge is -2.32. The average molecular weight is 399 g/mol. The van der Waals surface area contributed by atoms with Crippen LogP contribution in [0.2, 0.25) is 0 Å². The lowest BCUT2D eigenvalue weighted by atomic mass is 9.88. The predicted molar refractivity (Wildman–Crippen MR) is 114 cm³/mol. The number of amides is 1. The molecule has 0 bridgehead atoms. The summed E-state index contributed by atoms with van der Waals surface area (Å²) >= 11 is 0. The number of piperidine rings is 1. The van der Waals surface area contributed by atoms with E-state index in [1.165, 1.54) is 6.42 Å². The highest BCUT2D eigenvalue weighted by Crippen LogP contribution is 2.41. The van der Waals surface area contributed by atoms with Crippen molar-refractivity contribution >= 4 is 17.0 Å². The van der Waals surface area contributed by atoms with Gasteiger partial charge in [-0.1, -0.05) is 25.9 Å². The molecule has 158 valence electrons. The minimum Gasteiger partial charge on any atom is -0.339 e. The van der Waals surface area contributed by atoms with Crippen LogP contribution in [0, 0.1) is 11.3 Å². The summed E-state index contributed by atoms with van der Waals surface area (Å²) in [5.41, 5.74) is 3.18. The van der Waals surface area contributed by atoms with Gasteiger partial charge in [0.05, 0.1) is 16.6 Å². The van der Waals surface area contributed by atoms with Gasteiger partial charge in [-0.25, -0.2) is 4.98 Å². The van der Waals surface area contributed by atoms with Gasteiger partial charge < -0.3 is 14.7 Å². The molecule has 2 aromatic heterocycles. The number of nitrogens with one attached hydrogen (secondary N) is 1. The SMILES string of the molecule is CNCCC1CCN(C(=O)c2cc(C3CC3)nc3onc(CC(C)(C)C)c23)CC1. The molecule has 1 saturated carbocycles. The van der Waals surface area contributed by atoms with Crippen LogP contribution in [0.3, 0.4) is 0 Å². The fourth-order valence-electron chi connectivity index (χ4n) is 4.35. The molecule has 0 spiro atoms. The number of aromatic nitrogens is 2. The molecule has 1 amide bonds. The first-order valence-electron chi connectivity index (χ1n) is 11.1. The van der Waals surface area contributed by atoms with Gasteiger partial charge in [0.15, 0.2) is 0 Å². The minimum atomic E-state index is 0.0605. The van der Waals surface area contributed by atoms with Crippen molar-refractivity contribution in [3.63, 3.8) is 0 Å². The molecule has 6 heteroatoms. The highest BCUT2D eigenvalue weighted by atomic mass is 16.5. The Bertz CT molecular complexity index is 871. The van der Waals surface area contributed by atoms with Crippen LogP contribution in [0.25, 0.3) is 11.1 Å². The molecule has 1 aliphatic carbocycles. The third kappa shape index (κ3) is 4.63. The molecule has 1 N–H and O–H groups in total. The van der Waals surface area contributed by atoms with Gasteiger partial charge >= 0.3 is 0 Å². The zero-order chi connectivity index (χ0) is 20.6. The molecule has 2 aromatic rings. The zero-order valence-electron chi connectivity index (χ0n) is 18.3. The van der Waals surface area contributed by atoms with Crippen LogP contribution in [0.4, 0.5) is 0 Å². The lowest BCUT2D eigenvalue weighted by Crippen LogP contribution is -2.39. The second kappa shape index (κ2) is 8.05. The van der Waals surface area contributed by atoms with E-state index in [1.807, 2.05) is 18.0 Å². The lowest BCUT2D eigenvalue weighted by molar-refractivity contribution is 0.0689. The van der Waals surface area contributed by atoms with Gasteiger partial charge in [0.2, 0.25) is 0 Å². The van der Waals surface area contributed by atoms with Gasteiger partial charge in [0.25, 0.3) is 11.6 Å². The number of pyridine rings is 1. The first-order valence-corrected chi connectivity index (χ1v) is 11.1. The molecule has 2 fully saturated rings. The van der Waals surface area contributed by atoms with E-state index in [0.29, 0.717) is 17.5 Å². The molecule has 4 rings (SSSR count). The Morgan fingerprint density at radius 1 is 1.24 bits per heavy atom. The number of hydrogen-bond acceptors (Lipinski definition) is 5. The molecule has 6 nitrogen and oxygen atoms in total. The van der Waals surface area contributed by atoms with E-state index in [9.17, 15) is 4.79 Å². The van der Waals surface area contributed by atoms with Crippen LogP contribution in [0.1, 0.15) is 80.5 Å². The van der Waals surface area contributed by atoms with E-state index in [4.69, 9.17) is 9.51 Å². The van der Waals surface area contributed by atoms with Crippen molar-refractivity contribution in [2.45, 2.75) is 65.2 Å². The number of nitrogens with zero attached hydrogens (tertiary/aromatic N) is 3. The number of hydrogen-bond donors (Lipinski definition) is 1. The Labute approximate surface area is 173 Å². The van der Waals surface area contributed by atoms with Gasteiger partial charge in [-0.15, -0.1) is 0 Å². The normalized spacial score (nSPS) is 18.6. The van der Waals surface area contributed by atoms with E-state index in [0.717, 1.165) is 74.1 Å². The third-order valence-corrected chi connectivity index (χ3v) is 6.17. The zero-order valence-corrected chi connectivity index (χ0v) is 18.3. The van der Waals surface area contributed by atoms with Crippen molar-refractivity contribution in [1.82, 2.24) is 20.4 Å². The van der Waals surface area contributed by atoms with Gasteiger partial charge in [-0.2, -0.15) is 0 Å². The topological polar surface area (TPSA) is 71.3 Å².